The molecule has 0 heterocycles. The molecule has 4 heteroatoms. The minimum Gasteiger partial charge on any atom is -0.385 e. The minimum atomic E-state index is 0.0929. The summed E-state index contributed by atoms with van der Waals surface area (Å²) < 4.78 is 4.92. The molecule has 2 N–H and O–H groups in total. The maximum Gasteiger partial charge on any atom is 0.233 e. The summed E-state index contributed by atoms with van der Waals surface area (Å²) in [4.78, 5) is 11.5. The topological polar surface area (TPSA) is 50.4 Å². The van der Waals surface area contributed by atoms with Crippen LogP contribution in [0.25, 0.3) is 0 Å². The van der Waals surface area contributed by atoms with Crippen LogP contribution < -0.4 is 10.6 Å². The van der Waals surface area contributed by atoms with Crippen LogP contribution in [0.4, 0.5) is 0 Å². The average molecular weight is 242 g/mol. The first kappa shape index (κ1) is 14.5. The summed E-state index contributed by atoms with van der Waals surface area (Å²) in [6, 6.07) is 0.507. The second-order valence-corrected chi connectivity index (χ2v) is 4.86. The van der Waals surface area contributed by atoms with Crippen LogP contribution in [0.5, 0.6) is 0 Å². The highest BCUT2D eigenvalue weighted by atomic mass is 16.5. The minimum absolute atomic E-state index is 0.0929. The first-order chi connectivity index (χ1) is 8.26. The molecule has 0 saturated heterocycles. The third-order valence-corrected chi connectivity index (χ3v) is 3.21. The zero-order valence-electron chi connectivity index (χ0n) is 11.1. The molecule has 100 valence electrons. The highest BCUT2D eigenvalue weighted by Crippen LogP contribution is 2.33. The number of carbonyl (C=O) groups is 1. The lowest BCUT2D eigenvalue weighted by atomic mass is 10.1. The molecule has 17 heavy (non-hydrogen) atoms. The van der Waals surface area contributed by atoms with Crippen LogP contribution in [-0.4, -0.2) is 38.8 Å². The van der Waals surface area contributed by atoms with Gasteiger partial charge >= 0.3 is 0 Å². The molecular weight excluding hydrogens is 216 g/mol. The molecule has 1 atom stereocenters. The van der Waals surface area contributed by atoms with Crippen LogP contribution in [0.1, 0.15) is 39.0 Å². The molecule has 1 aliphatic rings. The van der Waals surface area contributed by atoms with Crippen molar-refractivity contribution in [3.8, 4) is 0 Å². The summed E-state index contributed by atoms with van der Waals surface area (Å²) in [6.45, 7) is 4.02. The molecule has 0 aromatic rings. The molecule has 0 aliphatic heterocycles. The van der Waals surface area contributed by atoms with Crippen molar-refractivity contribution in [2.75, 3.05) is 26.8 Å². The Hall–Kier alpha value is -0.610. The lowest BCUT2D eigenvalue weighted by Crippen LogP contribution is -2.39. The molecule has 0 aromatic heterocycles. The van der Waals surface area contributed by atoms with Crippen molar-refractivity contribution in [1.29, 1.82) is 0 Å². The summed E-state index contributed by atoms with van der Waals surface area (Å²) in [5, 5.41) is 6.22. The van der Waals surface area contributed by atoms with E-state index < -0.39 is 0 Å². The summed E-state index contributed by atoms with van der Waals surface area (Å²) >= 11 is 0. The van der Waals surface area contributed by atoms with E-state index in [2.05, 4.69) is 17.6 Å². The van der Waals surface area contributed by atoms with Gasteiger partial charge in [0.25, 0.3) is 0 Å². The normalized spacial score (nSPS) is 16.8. The number of ether oxygens (including phenoxy) is 1. The summed E-state index contributed by atoms with van der Waals surface area (Å²) in [6.07, 6.45) is 5.96. The number of hydrogen-bond donors (Lipinski definition) is 2. The van der Waals surface area contributed by atoms with E-state index in [-0.39, 0.29) is 5.91 Å². The lowest BCUT2D eigenvalue weighted by molar-refractivity contribution is -0.120. The quantitative estimate of drug-likeness (QED) is 0.568. The Labute approximate surface area is 104 Å². The first-order valence-electron chi connectivity index (χ1n) is 6.75. The Kier molecular flexibility index (Phi) is 7.21. The SMILES string of the molecule is CCC(CC1CC1)NCC(=O)NCCCOC. The van der Waals surface area contributed by atoms with E-state index in [1.54, 1.807) is 7.11 Å². The molecule has 1 fully saturated rings. The fraction of sp³-hybridized carbons (Fsp3) is 0.923. The Bertz CT molecular complexity index is 217. The maximum atomic E-state index is 11.5. The summed E-state index contributed by atoms with van der Waals surface area (Å²) in [5.74, 6) is 1.01. The van der Waals surface area contributed by atoms with Gasteiger partial charge in [0.1, 0.15) is 0 Å². The zero-order chi connectivity index (χ0) is 12.5. The predicted molar refractivity (Wildman–Crippen MR) is 68.9 cm³/mol. The Morgan fingerprint density at radius 1 is 1.47 bits per heavy atom. The molecule has 1 rings (SSSR count). The van der Waals surface area contributed by atoms with Gasteiger partial charge in [0.15, 0.2) is 0 Å². The van der Waals surface area contributed by atoms with E-state index in [0.29, 0.717) is 25.7 Å². The van der Waals surface area contributed by atoms with E-state index in [1.165, 1.54) is 19.3 Å². The standard InChI is InChI=1S/C13H26N2O2/c1-3-12(9-11-5-6-11)15-10-13(16)14-7-4-8-17-2/h11-12,15H,3-10H2,1-2H3,(H,14,16). The second-order valence-electron chi connectivity index (χ2n) is 4.86. The fourth-order valence-corrected chi connectivity index (χ4v) is 1.89. The summed E-state index contributed by atoms with van der Waals surface area (Å²) in [5.41, 5.74) is 0. The third kappa shape index (κ3) is 7.34. The van der Waals surface area contributed by atoms with E-state index in [9.17, 15) is 4.79 Å². The predicted octanol–water partition coefficient (Wildman–Crippen LogP) is 1.31. The van der Waals surface area contributed by atoms with Gasteiger partial charge in [0, 0.05) is 26.3 Å². The highest BCUT2D eigenvalue weighted by Gasteiger charge is 2.24. The van der Waals surface area contributed by atoms with Crippen molar-refractivity contribution >= 4 is 5.91 Å². The number of carbonyl (C=O) groups excluding carboxylic acids is 1. The molecule has 0 bridgehead atoms. The van der Waals surface area contributed by atoms with Crippen molar-refractivity contribution < 1.29 is 9.53 Å². The molecule has 1 aliphatic carbocycles. The van der Waals surface area contributed by atoms with Gasteiger partial charge < -0.3 is 15.4 Å². The van der Waals surface area contributed by atoms with Crippen LogP contribution in [0.2, 0.25) is 0 Å². The monoisotopic (exact) mass is 242 g/mol. The van der Waals surface area contributed by atoms with E-state index >= 15 is 0 Å². The molecule has 1 amide bonds. The van der Waals surface area contributed by atoms with Gasteiger partial charge in [-0.2, -0.15) is 0 Å². The number of nitrogens with one attached hydrogen (secondary N) is 2. The Morgan fingerprint density at radius 2 is 2.24 bits per heavy atom. The lowest BCUT2D eigenvalue weighted by Gasteiger charge is -2.16. The number of rotatable bonds is 10. The average Bonchev–Trinajstić information content (AvgIpc) is 3.14. The van der Waals surface area contributed by atoms with Crippen molar-refractivity contribution in [3.63, 3.8) is 0 Å². The van der Waals surface area contributed by atoms with E-state index in [4.69, 9.17) is 4.74 Å². The van der Waals surface area contributed by atoms with Crippen LogP contribution in [0.15, 0.2) is 0 Å². The van der Waals surface area contributed by atoms with Crippen LogP contribution in [0, 0.1) is 5.92 Å². The number of amides is 1. The molecule has 0 aromatic carbocycles. The number of methoxy groups -OCH3 is 1. The van der Waals surface area contributed by atoms with Gasteiger partial charge in [-0.1, -0.05) is 19.8 Å². The first-order valence-corrected chi connectivity index (χ1v) is 6.75. The highest BCUT2D eigenvalue weighted by molar-refractivity contribution is 5.77. The van der Waals surface area contributed by atoms with E-state index in [1.807, 2.05) is 0 Å². The zero-order valence-corrected chi connectivity index (χ0v) is 11.1. The molecule has 0 spiro atoms. The Balaban J connectivity index is 2.00. The van der Waals surface area contributed by atoms with Crippen LogP contribution in [0.3, 0.4) is 0 Å². The van der Waals surface area contributed by atoms with Gasteiger partial charge in [-0.15, -0.1) is 0 Å². The maximum absolute atomic E-state index is 11.5. The molecule has 4 nitrogen and oxygen atoms in total. The fourth-order valence-electron chi connectivity index (χ4n) is 1.89. The smallest absolute Gasteiger partial charge is 0.233 e. The summed E-state index contributed by atoms with van der Waals surface area (Å²) in [7, 11) is 1.67. The number of hydrogen-bond acceptors (Lipinski definition) is 3. The molecule has 1 saturated carbocycles. The van der Waals surface area contributed by atoms with E-state index in [0.717, 1.165) is 18.8 Å². The van der Waals surface area contributed by atoms with Gasteiger partial charge in [0.2, 0.25) is 5.91 Å². The van der Waals surface area contributed by atoms with Gasteiger partial charge in [-0.05, 0) is 25.2 Å². The van der Waals surface area contributed by atoms with Crippen molar-refractivity contribution in [3.05, 3.63) is 0 Å². The van der Waals surface area contributed by atoms with Gasteiger partial charge in [-0.25, -0.2) is 0 Å². The second kappa shape index (κ2) is 8.48. The largest absolute Gasteiger partial charge is 0.385 e. The van der Waals surface area contributed by atoms with Crippen LogP contribution in [-0.2, 0) is 9.53 Å². The molecule has 1 unspecified atom stereocenters. The Morgan fingerprint density at radius 3 is 2.82 bits per heavy atom. The third-order valence-electron chi connectivity index (χ3n) is 3.21. The van der Waals surface area contributed by atoms with Gasteiger partial charge in [-0.3, -0.25) is 4.79 Å². The van der Waals surface area contributed by atoms with Crippen molar-refractivity contribution in [1.82, 2.24) is 10.6 Å². The van der Waals surface area contributed by atoms with Gasteiger partial charge in [0.05, 0.1) is 6.54 Å². The van der Waals surface area contributed by atoms with Crippen molar-refractivity contribution in [2.24, 2.45) is 5.92 Å². The van der Waals surface area contributed by atoms with Crippen LogP contribution >= 0.6 is 0 Å². The van der Waals surface area contributed by atoms with Crippen molar-refractivity contribution in [2.45, 2.75) is 45.1 Å². The molecular formula is C13H26N2O2. The molecule has 0 radical (unpaired) electrons.